The van der Waals surface area contributed by atoms with Crippen molar-refractivity contribution in [2.45, 2.75) is 9.90 Å². The third-order valence-electron chi connectivity index (χ3n) is 1.03. The van der Waals surface area contributed by atoms with Crippen LogP contribution in [0.4, 0.5) is 0 Å². The molecule has 0 fully saturated rings. The van der Waals surface area contributed by atoms with Crippen LogP contribution < -0.4 is 0 Å². The van der Waals surface area contributed by atoms with Crippen molar-refractivity contribution in [3.63, 3.8) is 0 Å². The molecule has 0 aliphatic carbocycles. The summed E-state index contributed by atoms with van der Waals surface area (Å²) in [6, 6.07) is 0. The predicted molar refractivity (Wildman–Crippen MR) is 52.4 cm³/mol. The first-order valence-electron chi connectivity index (χ1n) is 3.35. The zero-order valence-corrected chi connectivity index (χ0v) is 9.18. The van der Waals surface area contributed by atoms with Crippen molar-refractivity contribution in [2.75, 3.05) is 6.61 Å². The van der Waals surface area contributed by atoms with Crippen LogP contribution in [-0.4, -0.2) is 28.9 Å². The van der Waals surface area contributed by atoms with Crippen LogP contribution in [0.2, 0.25) is 0 Å². The molecule has 0 spiro atoms. The molecule has 0 aromatic heterocycles. The fraction of sp³-hybridized carbons (Fsp3) is 0.429. The summed E-state index contributed by atoms with van der Waals surface area (Å²) in [5, 5.41) is 0. The molecule has 80 valence electrons. The maximum atomic E-state index is 11.1. The quantitative estimate of drug-likeness (QED) is 0.327. The number of ether oxygens (including phenoxy) is 2. The summed E-state index contributed by atoms with van der Waals surface area (Å²) in [7, 11) is 0. The van der Waals surface area contributed by atoms with E-state index in [0.29, 0.717) is 0 Å². The highest BCUT2D eigenvalue weighted by molar-refractivity contribution is 6.67. The summed E-state index contributed by atoms with van der Waals surface area (Å²) in [6.07, 6.45) is -0.0883. The van der Waals surface area contributed by atoms with Gasteiger partial charge in [-0.1, -0.05) is 41.4 Å². The molecule has 0 aromatic carbocycles. The van der Waals surface area contributed by atoms with Crippen LogP contribution in [0.1, 0.15) is 0 Å². The van der Waals surface area contributed by atoms with E-state index in [1.165, 1.54) is 0 Å². The lowest BCUT2D eigenvalue weighted by atomic mass is 10.3. The van der Waals surface area contributed by atoms with Crippen molar-refractivity contribution in [2.24, 2.45) is 0 Å². The number of esters is 1. The number of carbonyl (C=O) groups excluding carboxylic acids is 2. The highest BCUT2D eigenvalue weighted by Crippen LogP contribution is 2.26. The molecule has 0 saturated carbocycles. The van der Waals surface area contributed by atoms with E-state index in [1.54, 1.807) is 0 Å². The smallest absolute Gasteiger partial charge is 0.351 e. The maximum Gasteiger partial charge on any atom is 0.351 e. The molecule has 0 aliphatic heterocycles. The summed E-state index contributed by atoms with van der Waals surface area (Å²) in [5.41, 5.74) is 0. The Morgan fingerprint density at radius 2 is 2.07 bits per heavy atom. The van der Waals surface area contributed by atoms with Gasteiger partial charge < -0.3 is 9.47 Å². The van der Waals surface area contributed by atoms with E-state index in [-0.39, 0.29) is 6.47 Å². The summed E-state index contributed by atoms with van der Waals surface area (Å²) >= 11 is 16.0. The average molecular weight is 261 g/mol. The second-order valence-corrected chi connectivity index (χ2v) is 4.63. The Morgan fingerprint density at radius 1 is 1.50 bits per heavy atom. The lowest BCUT2D eigenvalue weighted by Gasteiger charge is -2.14. The van der Waals surface area contributed by atoms with E-state index in [9.17, 15) is 9.59 Å². The zero-order chi connectivity index (χ0) is 11.2. The molecule has 1 unspecified atom stereocenters. The van der Waals surface area contributed by atoms with Crippen molar-refractivity contribution >= 4 is 47.2 Å². The Balaban J connectivity index is 4.05. The summed E-state index contributed by atoms with van der Waals surface area (Å²) < 4.78 is 7.15. The summed E-state index contributed by atoms with van der Waals surface area (Å²) in [4.78, 5) is 21.0. The average Bonchev–Trinajstić information content (AvgIpc) is 2.09. The Labute approximate surface area is 95.7 Å². The van der Waals surface area contributed by atoms with E-state index >= 15 is 0 Å². The summed E-state index contributed by atoms with van der Waals surface area (Å²) in [6.45, 7) is 2.93. The molecule has 0 rings (SSSR count). The second kappa shape index (κ2) is 6.11. The van der Waals surface area contributed by atoms with Crippen LogP contribution in [0.5, 0.6) is 0 Å². The number of halogens is 3. The number of hydrogen-bond acceptors (Lipinski definition) is 4. The summed E-state index contributed by atoms with van der Waals surface area (Å²) in [5.74, 6) is -0.849. The fourth-order valence-electron chi connectivity index (χ4n) is 0.502. The molecule has 0 saturated heterocycles. The minimum absolute atomic E-state index is 0.100. The third-order valence-corrected chi connectivity index (χ3v) is 1.35. The number of hydrogen-bond donors (Lipinski definition) is 0. The molecule has 0 aromatic rings. The van der Waals surface area contributed by atoms with Crippen molar-refractivity contribution in [1.29, 1.82) is 0 Å². The first-order chi connectivity index (χ1) is 6.40. The van der Waals surface area contributed by atoms with Crippen LogP contribution in [0.15, 0.2) is 12.7 Å². The molecular formula is C7H7Cl3O4. The van der Waals surface area contributed by atoms with Gasteiger partial charge in [0.15, 0.2) is 0 Å². The van der Waals surface area contributed by atoms with Gasteiger partial charge >= 0.3 is 5.97 Å². The van der Waals surface area contributed by atoms with Gasteiger partial charge in [-0.3, -0.25) is 4.79 Å². The molecule has 0 N–H and O–H groups in total. The van der Waals surface area contributed by atoms with E-state index in [0.717, 1.165) is 6.08 Å². The first kappa shape index (κ1) is 13.5. The molecular weight excluding hydrogens is 254 g/mol. The normalized spacial score (nSPS) is 12.8. The van der Waals surface area contributed by atoms with Crippen LogP contribution >= 0.6 is 34.8 Å². The van der Waals surface area contributed by atoms with Gasteiger partial charge in [0.25, 0.3) is 6.47 Å². The standard InChI is InChI=1S/C7H7Cl3O4/c1-2-5(14-4-11)6(12)13-3-7(8,9)10/h2,4-5H,1,3H2. The van der Waals surface area contributed by atoms with E-state index < -0.39 is 22.5 Å². The molecule has 7 heteroatoms. The molecule has 4 nitrogen and oxygen atoms in total. The van der Waals surface area contributed by atoms with Crippen LogP contribution in [0.3, 0.4) is 0 Å². The van der Waals surface area contributed by atoms with Gasteiger partial charge in [-0.2, -0.15) is 0 Å². The van der Waals surface area contributed by atoms with E-state index in [2.05, 4.69) is 16.1 Å². The lowest BCUT2D eigenvalue weighted by Crippen LogP contribution is -2.27. The van der Waals surface area contributed by atoms with Gasteiger partial charge in [0, 0.05) is 0 Å². The molecule has 14 heavy (non-hydrogen) atoms. The Bertz CT molecular complexity index is 223. The second-order valence-electron chi connectivity index (χ2n) is 2.11. The lowest BCUT2D eigenvalue weighted by molar-refractivity contribution is -0.158. The molecule has 1 atom stereocenters. The van der Waals surface area contributed by atoms with Gasteiger partial charge in [0.05, 0.1) is 0 Å². The molecule has 0 bridgehead atoms. The van der Waals surface area contributed by atoms with E-state index in [1.807, 2.05) is 0 Å². The predicted octanol–water partition coefficient (Wildman–Crippen LogP) is 1.63. The highest BCUT2D eigenvalue weighted by Gasteiger charge is 2.25. The number of rotatable bonds is 5. The third kappa shape index (κ3) is 6.07. The van der Waals surface area contributed by atoms with Gasteiger partial charge in [-0.15, -0.1) is 0 Å². The SMILES string of the molecule is C=CC(OC=O)C(=O)OCC(Cl)(Cl)Cl. The van der Waals surface area contributed by atoms with E-state index in [4.69, 9.17) is 34.8 Å². The number of alkyl halides is 3. The molecule has 0 heterocycles. The minimum Gasteiger partial charge on any atom is -0.458 e. The maximum absolute atomic E-state index is 11.1. The Kier molecular flexibility index (Phi) is 5.92. The van der Waals surface area contributed by atoms with Crippen molar-refractivity contribution < 1.29 is 19.1 Å². The van der Waals surface area contributed by atoms with Gasteiger partial charge in [0.1, 0.15) is 6.61 Å². The fourth-order valence-corrected chi connectivity index (χ4v) is 0.666. The topological polar surface area (TPSA) is 52.6 Å². The Hall–Kier alpha value is -0.450. The first-order valence-corrected chi connectivity index (χ1v) is 4.49. The largest absolute Gasteiger partial charge is 0.458 e. The highest BCUT2D eigenvalue weighted by atomic mass is 35.6. The minimum atomic E-state index is -1.69. The van der Waals surface area contributed by atoms with Gasteiger partial charge in [0.2, 0.25) is 9.90 Å². The van der Waals surface area contributed by atoms with Crippen LogP contribution in [0.25, 0.3) is 0 Å². The van der Waals surface area contributed by atoms with Gasteiger partial charge in [-0.25, -0.2) is 4.79 Å². The van der Waals surface area contributed by atoms with Crippen LogP contribution in [0, 0.1) is 0 Å². The molecule has 0 amide bonds. The zero-order valence-electron chi connectivity index (χ0n) is 6.91. The monoisotopic (exact) mass is 260 g/mol. The number of carbonyl (C=O) groups is 2. The van der Waals surface area contributed by atoms with Gasteiger partial charge in [-0.05, 0) is 6.08 Å². The molecule has 0 aliphatic rings. The van der Waals surface area contributed by atoms with Crippen molar-refractivity contribution in [3.8, 4) is 0 Å². The molecule has 0 radical (unpaired) electrons. The van der Waals surface area contributed by atoms with Crippen molar-refractivity contribution in [1.82, 2.24) is 0 Å². The Morgan fingerprint density at radius 3 is 2.43 bits per heavy atom. The van der Waals surface area contributed by atoms with Crippen LogP contribution in [-0.2, 0) is 19.1 Å². The van der Waals surface area contributed by atoms with Crippen molar-refractivity contribution in [3.05, 3.63) is 12.7 Å².